The Balaban J connectivity index is 2.45. The molecule has 1 aromatic heterocycles. The molecule has 0 aliphatic rings. The topological polar surface area (TPSA) is 160 Å². The number of nitrogens with zero attached hydrogens (tertiary/aromatic N) is 3. The number of nitrogens with two attached hydrogens (primary N) is 2. The van der Waals surface area contributed by atoms with Gasteiger partial charge in [0.1, 0.15) is 5.82 Å². The van der Waals surface area contributed by atoms with Crippen molar-refractivity contribution in [2.24, 2.45) is 0 Å². The van der Waals surface area contributed by atoms with Crippen molar-refractivity contribution >= 4 is 26.7 Å². The van der Waals surface area contributed by atoms with E-state index in [1.165, 1.54) is 0 Å². The summed E-state index contributed by atoms with van der Waals surface area (Å²) in [5.41, 5.74) is 11.1. The highest BCUT2D eigenvalue weighted by Gasteiger charge is 2.43. The van der Waals surface area contributed by atoms with Crippen molar-refractivity contribution < 1.29 is 18.1 Å². The molecule has 2 amide bonds. The Hall–Kier alpha value is -2.02. The van der Waals surface area contributed by atoms with E-state index in [1.807, 2.05) is 41.5 Å². The fourth-order valence-electron chi connectivity index (χ4n) is 2.76. The molecule has 0 fully saturated rings. The Morgan fingerprint density at radius 2 is 1.33 bits per heavy atom. The minimum absolute atomic E-state index is 0.0103. The third kappa shape index (κ3) is 10.7. The Morgan fingerprint density at radius 1 is 0.867 bits per heavy atom. The molecule has 0 unspecified atom stereocenters. The van der Waals surface area contributed by atoms with Crippen LogP contribution in [0.5, 0.6) is 0 Å². The number of carbonyl (C=O) groups is 1. The molecule has 0 saturated carbocycles. The summed E-state index contributed by atoms with van der Waals surface area (Å²) in [5, 5.41) is 5.58. The summed E-state index contributed by atoms with van der Waals surface area (Å²) >= 11 is 0. The standard InChI is InChI=1S/C18H37N7O4Si/c1-12(2)27-30(28-13(3)4,29-14(5)6)11-7-9-21-18(26)22-10-8-15-23-16(19)25-17(20)24-15/h12-14H,7-11H2,1-6H3,(H2,21,22,26)(H4,19,20,23,24,25). The molecule has 0 spiro atoms. The molecule has 0 bridgehead atoms. The van der Waals surface area contributed by atoms with Gasteiger partial charge in [0.2, 0.25) is 11.9 Å². The number of nitrogen functional groups attached to an aromatic ring is 2. The maximum absolute atomic E-state index is 12.0. The first-order valence-electron chi connectivity index (χ1n) is 10.3. The maximum Gasteiger partial charge on any atom is 0.501 e. The first-order valence-corrected chi connectivity index (χ1v) is 12.3. The van der Waals surface area contributed by atoms with Gasteiger partial charge in [0.15, 0.2) is 0 Å². The normalized spacial score (nSPS) is 12.0. The molecule has 6 N–H and O–H groups in total. The highest BCUT2D eigenvalue weighted by molar-refractivity contribution is 6.60. The van der Waals surface area contributed by atoms with Crippen molar-refractivity contribution in [2.75, 3.05) is 24.6 Å². The Bertz CT molecular complexity index is 615. The average Bonchev–Trinajstić information content (AvgIpc) is 2.56. The largest absolute Gasteiger partial charge is 0.501 e. The van der Waals surface area contributed by atoms with Crippen LogP contribution in [0.1, 0.15) is 53.8 Å². The van der Waals surface area contributed by atoms with Crippen LogP contribution >= 0.6 is 0 Å². The number of amides is 2. The number of hydrogen-bond donors (Lipinski definition) is 4. The molecular formula is C18H37N7O4Si. The molecule has 0 atom stereocenters. The lowest BCUT2D eigenvalue weighted by Gasteiger charge is -2.34. The highest BCUT2D eigenvalue weighted by atomic mass is 28.4. The molecule has 172 valence electrons. The molecular weight excluding hydrogens is 406 g/mol. The van der Waals surface area contributed by atoms with Crippen LogP contribution in [0.3, 0.4) is 0 Å². The van der Waals surface area contributed by atoms with E-state index in [9.17, 15) is 4.79 Å². The zero-order chi connectivity index (χ0) is 22.7. The minimum atomic E-state index is -2.85. The van der Waals surface area contributed by atoms with E-state index < -0.39 is 8.80 Å². The minimum Gasteiger partial charge on any atom is -0.371 e. The van der Waals surface area contributed by atoms with Gasteiger partial charge < -0.3 is 35.4 Å². The van der Waals surface area contributed by atoms with Crippen LogP contribution in [-0.2, 0) is 19.7 Å². The van der Waals surface area contributed by atoms with Crippen molar-refractivity contribution in [2.45, 2.75) is 78.7 Å². The molecule has 1 rings (SSSR count). The molecule has 1 aromatic rings. The molecule has 0 saturated heterocycles. The summed E-state index contributed by atoms with van der Waals surface area (Å²) in [6, 6.07) is 0.335. The Kier molecular flexibility index (Phi) is 10.9. The van der Waals surface area contributed by atoms with E-state index >= 15 is 0 Å². The molecule has 1 heterocycles. The molecule has 12 heteroatoms. The lowest BCUT2D eigenvalue weighted by molar-refractivity contribution is 0.00292. The summed E-state index contributed by atoms with van der Waals surface area (Å²) < 4.78 is 18.4. The van der Waals surface area contributed by atoms with Gasteiger partial charge in [0, 0.05) is 43.9 Å². The van der Waals surface area contributed by atoms with E-state index in [4.69, 9.17) is 24.7 Å². The van der Waals surface area contributed by atoms with Gasteiger partial charge in [-0.2, -0.15) is 15.0 Å². The average molecular weight is 444 g/mol. The summed E-state index contributed by atoms with van der Waals surface area (Å²) in [6.45, 7) is 12.6. The van der Waals surface area contributed by atoms with E-state index in [2.05, 4.69) is 25.6 Å². The number of urea groups is 1. The molecule has 0 aromatic carbocycles. The Labute approximate surface area is 180 Å². The summed E-state index contributed by atoms with van der Waals surface area (Å²) in [7, 11) is -2.85. The van der Waals surface area contributed by atoms with Crippen LogP contribution in [0.25, 0.3) is 0 Å². The van der Waals surface area contributed by atoms with Gasteiger partial charge >= 0.3 is 14.8 Å². The summed E-state index contributed by atoms with van der Waals surface area (Å²) in [4.78, 5) is 23.7. The van der Waals surface area contributed by atoms with Gasteiger partial charge in [0.25, 0.3) is 0 Å². The van der Waals surface area contributed by atoms with Crippen LogP contribution in [0.15, 0.2) is 0 Å². The fourth-order valence-corrected chi connectivity index (χ4v) is 6.05. The van der Waals surface area contributed by atoms with Gasteiger partial charge in [-0.3, -0.25) is 0 Å². The van der Waals surface area contributed by atoms with Crippen molar-refractivity contribution in [3.63, 3.8) is 0 Å². The van der Waals surface area contributed by atoms with Crippen LogP contribution in [0.4, 0.5) is 16.7 Å². The van der Waals surface area contributed by atoms with Crippen LogP contribution in [0, 0.1) is 0 Å². The second-order valence-electron chi connectivity index (χ2n) is 7.69. The maximum atomic E-state index is 12.0. The quantitative estimate of drug-likeness (QED) is 0.261. The van der Waals surface area contributed by atoms with E-state index in [0.29, 0.717) is 37.8 Å². The van der Waals surface area contributed by atoms with E-state index in [0.717, 1.165) is 0 Å². The van der Waals surface area contributed by atoms with Crippen molar-refractivity contribution in [3.8, 4) is 0 Å². The highest BCUT2D eigenvalue weighted by Crippen LogP contribution is 2.23. The van der Waals surface area contributed by atoms with Crippen LogP contribution in [-0.4, -0.2) is 61.2 Å². The third-order valence-electron chi connectivity index (χ3n) is 3.54. The predicted molar refractivity (Wildman–Crippen MR) is 118 cm³/mol. The first-order chi connectivity index (χ1) is 14.0. The number of nitrogens with one attached hydrogen (secondary N) is 2. The monoisotopic (exact) mass is 443 g/mol. The van der Waals surface area contributed by atoms with Crippen molar-refractivity contribution in [3.05, 3.63) is 5.82 Å². The number of anilines is 2. The second-order valence-corrected chi connectivity index (χ2v) is 10.3. The molecule has 11 nitrogen and oxygen atoms in total. The van der Waals surface area contributed by atoms with Gasteiger partial charge in [-0.25, -0.2) is 4.79 Å². The SMILES string of the molecule is CC(C)O[Si](CCCNC(=O)NCCc1nc(N)nc(N)n1)(OC(C)C)OC(C)C. The smallest absolute Gasteiger partial charge is 0.371 e. The molecule has 0 aliphatic heterocycles. The third-order valence-corrected chi connectivity index (χ3v) is 7.00. The number of carbonyl (C=O) groups excluding carboxylic acids is 1. The Morgan fingerprint density at radius 3 is 1.80 bits per heavy atom. The van der Waals surface area contributed by atoms with Crippen molar-refractivity contribution in [1.82, 2.24) is 25.6 Å². The lowest BCUT2D eigenvalue weighted by Crippen LogP contribution is -2.51. The summed E-state index contributed by atoms with van der Waals surface area (Å²) in [6.07, 6.45) is 1.04. The van der Waals surface area contributed by atoms with Crippen LogP contribution in [0.2, 0.25) is 6.04 Å². The van der Waals surface area contributed by atoms with Crippen molar-refractivity contribution in [1.29, 1.82) is 0 Å². The summed E-state index contributed by atoms with van der Waals surface area (Å²) in [5.74, 6) is 0.550. The second kappa shape index (κ2) is 12.6. The van der Waals surface area contributed by atoms with E-state index in [-0.39, 0.29) is 36.2 Å². The van der Waals surface area contributed by atoms with Gasteiger partial charge in [-0.1, -0.05) is 0 Å². The molecule has 30 heavy (non-hydrogen) atoms. The molecule has 0 radical (unpaired) electrons. The zero-order valence-electron chi connectivity index (χ0n) is 18.9. The van der Waals surface area contributed by atoms with Gasteiger partial charge in [-0.15, -0.1) is 0 Å². The number of aromatic nitrogens is 3. The fraction of sp³-hybridized carbons (Fsp3) is 0.778. The molecule has 0 aliphatic carbocycles. The van der Waals surface area contributed by atoms with Gasteiger partial charge in [0.05, 0.1) is 0 Å². The first kappa shape index (κ1) is 26.0. The van der Waals surface area contributed by atoms with Crippen LogP contribution < -0.4 is 22.1 Å². The number of rotatable bonds is 13. The zero-order valence-corrected chi connectivity index (χ0v) is 19.9. The lowest BCUT2D eigenvalue weighted by atomic mass is 10.4. The van der Waals surface area contributed by atoms with Gasteiger partial charge in [-0.05, 0) is 48.0 Å². The van der Waals surface area contributed by atoms with E-state index in [1.54, 1.807) is 0 Å². The predicted octanol–water partition coefficient (Wildman–Crippen LogP) is 1.48. The number of hydrogen-bond acceptors (Lipinski definition) is 9.